The number of pyridine rings is 1. The van der Waals surface area contributed by atoms with E-state index in [1.165, 1.54) is 12.1 Å². The van der Waals surface area contributed by atoms with Crippen molar-refractivity contribution in [3.8, 4) is 0 Å². The number of aromatic nitrogens is 1. The van der Waals surface area contributed by atoms with Gasteiger partial charge in [-0.1, -0.05) is 17.7 Å². The number of benzene rings is 1. The van der Waals surface area contributed by atoms with Crippen LogP contribution in [0.3, 0.4) is 0 Å². The molecule has 0 atom stereocenters. The fourth-order valence-corrected chi connectivity index (χ4v) is 1.70. The second-order valence-electron chi connectivity index (χ2n) is 3.80. The topological polar surface area (TPSA) is 37.0 Å². The van der Waals surface area contributed by atoms with Gasteiger partial charge in [-0.05, 0) is 48.1 Å². The zero-order valence-electron chi connectivity index (χ0n) is 9.86. The lowest BCUT2D eigenvalue weighted by Gasteiger charge is -2.10. The zero-order chi connectivity index (χ0) is 13.7. The molecule has 6 heteroatoms. The minimum absolute atomic E-state index is 0.281. The lowest BCUT2D eigenvalue weighted by Crippen LogP contribution is -2.27. The third-order valence-corrected chi connectivity index (χ3v) is 2.81. The fourth-order valence-electron chi connectivity index (χ4n) is 1.40. The summed E-state index contributed by atoms with van der Waals surface area (Å²) >= 11 is 10.8. The molecule has 0 aliphatic rings. The van der Waals surface area contributed by atoms with Gasteiger partial charge in [-0.15, -0.1) is 0 Å². The number of nitrogens with zero attached hydrogens (tertiary/aromatic N) is 1. The molecule has 0 aliphatic carbocycles. The number of rotatable bonds is 3. The van der Waals surface area contributed by atoms with Crippen molar-refractivity contribution in [2.24, 2.45) is 0 Å². The van der Waals surface area contributed by atoms with E-state index < -0.39 is 0 Å². The van der Waals surface area contributed by atoms with Crippen LogP contribution in [0.4, 0.5) is 10.1 Å². The Morgan fingerprint density at radius 3 is 2.58 bits per heavy atom. The molecule has 2 N–H and O–H groups in total. The molecular formula is C13H11ClFN3S. The van der Waals surface area contributed by atoms with Crippen LogP contribution in [0.2, 0.25) is 5.15 Å². The molecule has 0 fully saturated rings. The normalized spacial score (nSPS) is 10.0. The van der Waals surface area contributed by atoms with Crippen molar-refractivity contribution >= 4 is 34.6 Å². The number of thiocarbonyl (C=S) groups is 1. The van der Waals surface area contributed by atoms with Gasteiger partial charge in [0.25, 0.3) is 0 Å². The smallest absolute Gasteiger partial charge is 0.171 e. The Balaban J connectivity index is 1.84. The minimum atomic E-state index is -0.281. The van der Waals surface area contributed by atoms with Crippen molar-refractivity contribution in [1.29, 1.82) is 0 Å². The summed E-state index contributed by atoms with van der Waals surface area (Å²) in [5.74, 6) is -0.281. The predicted molar refractivity (Wildman–Crippen MR) is 78.7 cm³/mol. The molecule has 19 heavy (non-hydrogen) atoms. The summed E-state index contributed by atoms with van der Waals surface area (Å²) in [6.07, 6.45) is 1.68. The van der Waals surface area contributed by atoms with Gasteiger partial charge in [-0.3, -0.25) is 0 Å². The van der Waals surface area contributed by atoms with Crippen LogP contribution in [0, 0.1) is 5.82 Å². The molecule has 0 spiro atoms. The summed E-state index contributed by atoms with van der Waals surface area (Å²) < 4.78 is 12.7. The lowest BCUT2D eigenvalue weighted by atomic mass is 10.3. The van der Waals surface area contributed by atoms with Crippen LogP contribution in [0.1, 0.15) is 5.56 Å². The first kappa shape index (κ1) is 13.7. The maximum Gasteiger partial charge on any atom is 0.171 e. The molecule has 0 aliphatic heterocycles. The van der Waals surface area contributed by atoms with Crippen LogP contribution in [-0.4, -0.2) is 10.1 Å². The highest BCUT2D eigenvalue weighted by Crippen LogP contribution is 2.08. The summed E-state index contributed by atoms with van der Waals surface area (Å²) in [6, 6.07) is 9.56. The molecule has 2 rings (SSSR count). The molecule has 1 heterocycles. The van der Waals surface area contributed by atoms with Crippen molar-refractivity contribution in [3.05, 3.63) is 59.1 Å². The number of halogens is 2. The van der Waals surface area contributed by atoms with E-state index in [0.717, 1.165) is 11.3 Å². The third kappa shape index (κ3) is 4.46. The molecular weight excluding hydrogens is 285 g/mol. The van der Waals surface area contributed by atoms with Gasteiger partial charge in [0.2, 0.25) is 0 Å². The van der Waals surface area contributed by atoms with Gasteiger partial charge in [0.15, 0.2) is 5.11 Å². The Morgan fingerprint density at radius 2 is 1.95 bits per heavy atom. The van der Waals surface area contributed by atoms with Gasteiger partial charge in [0, 0.05) is 18.4 Å². The maximum atomic E-state index is 12.7. The van der Waals surface area contributed by atoms with Gasteiger partial charge in [-0.2, -0.15) is 0 Å². The Morgan fingerprint density at radius 1 is 1.21 bits per heavy atom. The molecule has 3 nitrogen and oxygen atoms in total. The van der Waals surface area contributed by atoms with Crippen LogP contribution in [0.5, 0.6) is 0 Å². The van der Waals surface area contributed by atoms with Crippen LogP contribution in [-0.2, 0) is 6.54 Å². The molecule has 0 radical (unpaired) electrons. The lowest BCUT2D eigenvalue weighted by molar-refractivity contribution is 0.628. The average molecular weight is 296 g/mol. The van der Waals surface area contributed by atoms with E-state index in [1.54, 1.807) is 24.4 Å². The van der Waals surface area contributed by atoms with Crippen molar-refractivity contribution < 1.29 is 4.39 Å². The van der Waals surface area contributed by atoms with Crippen LogP contribution < -0.4 is 10.6 Å². The van der Waals surface area contributed by atoms with Gasteiger partial charge < -0.3 is 10.6 Å². The summed E-state index contributed by atoms with van der Waals surface area (Å²) in [6.45, 7) is 0.539. The number of hydrogen-bond donors (Lipinski definition) is 2. The van der Waals surface area contributed by atoms with E-state index >= 15 is 0 Å². The monoisotopic (exact) mass is 295 g/mol. The molecule has 0 saturated heterocycles. The number of nitrogens with one attached hydrogen (secondary N) is 2. The van der Waals surface area contributed by atoms with Gasteiger partial charge in [0.05, 0.1) is 0 Å². The Labute approximate surface area is 120 Å². The van der Waals surface area contributed by atoms with Crippen molar-refractivity contribution in [2.75, 3.05) is 5.32 Å². The minimum Gasteiger partial charge on any atom is -0.358 e. The molecule has 98 valence electrons. The quantitative estimate of drug-likeness (QED) is 0.672. The van der Waals surface area contributed by atoms with Crippen LogP contribution in [0.15, 0.2) is 42.6 Å². The first-order chi connectivity index (χ1) is 9.13. The predicted octanol–water partition coefficient (Wildman–Crippen LogP) is 3.36. The van der Waals surface area contributed by atoms with E-state index in [0.29, 0.717) is 16.8 Å². The van der Waals surface area contributed by atoms with Gasteiger partial charge in [-0.25, -0.2) is 9.37 Å². The molecule has 1 aromatic heterocycles. The first-order valence-electron chi connectivity index (χ1n) is 5.54. The van der Waals surface area contributed by atoms with E-state index in [2.05, 4.69) is 15.6 Å². The van der Waals surface area contributed by atoms with Gasteiger partial charge >= 0.3 is 0 Å². The molecule has 1 aromatic carbocycles. The highest BCUT2D eigenvalue weighted by molar-refractivity contribution is 7.80. The summed E-state index contributed by atoms with van der Waals surface area (Å²) in [5, 5.41) is 6.90. The van der Waals surface area contributed by atoms with E-state index in [1.807, 2.05) is 6.07 Å². The summed E-state index contributed by atoms with van der Waals surface area (Å²) in [7, 11) is 0. The fraction of sp³-hybridized carbons (Fsp3) is 0.0769. The molecule has 2 aromatic rings. The Bertz CT molecular complexity index is 557. The summed E-state index contributed by atoms with van der Waals surface area (Å²) in [5.41, 5.74) is 1.70. The standard InChI is InChI=1S/C13H11ClFN3S/c14-12-6-1-9(7-16-12)8-17-13(19)18-11-4-2-10(15)3-5-11/h1-7H,8H2,(H2,17,18,19). The zero-order valence-corrected chi connectivity index (χ0v) is 11.4. The highest BCUT2D eigenvalue weighted by Gasteiger charge is 1.99. The second-order valence-corrected chi connectivity index (χ2v) is 4.60. The molecule has 0 saturated carbocycles. The van der Waals surface area contributed by atoms with E-state index in [4.69, 9.17) is 23.8 Å². The first-order valence-corrected chi connectivity index (χ1v) is 6.33. The average Bonchev–Trinajstić information content (AvgIpc) is 2.41. The van der Waals surface area contributed by atoms with E-state index in [-0.39, 0.29) is 5.82 Å². The SMILES string of the molecule is Fc1ccc(NC(=S)NCc2ccc(Cl)nc2)cc1. The van der Waals surface area contributed by atoms with Crippen molar-refractivity contribution in [1.82, 2.24) is 10.3 Å². The Hall–Kier alpha value is -1.72. The van der Waals surface area contributed by atoms with E-state index in [9.17, 15) is 4.39 Å². The van der Waals surface area contributed by atoms with Crippen molar-refractivity contribution in [3.63, 3.8) is 0 Å². The third-order valence-electron chi connectivity index (χ3n) is 2.34. The summed E-state index contributed by atoms with van der Waals surface area (Å²) in [4.78, 5) is 3.97. The van der Waals surface area contributed by atoms with Crippen LogP contribution in [0.25, 0.3) is 0 Å². The number of anilines is 1. The molecule has 0 unspecified atom stereocenters. The molecule has 0 amide bonds. The Kier molecular flexibility index (Phi) is 4.65. The van der Waals surface area contributed by atoms with Crippen LogP contribution >= 0.6 is 23.8 Å². The second kappa shape index (κ2) is 6.45. The molecule has 0 bridgehead atoms. The number of hydrogen-bond acceptors (Lipinski definition) is 2. The maximum absolute atomic E-state index is 12.7. The highest BCUT2D eigenvalue weighted by atomic mass is 35.5. The van der Waals surface area contributed by atoms with Gasteiger partial charge in [0.1, 0.15) is 11.0 Å². The van der Waals surface area contributed by atoms with Crippen molar-refractivity contribution in [2.45, 2.75) is 6.54 Å². The largest absolute Gasteiger partial charge is 0.358 e.